The third-order valence-electron chi connectivity index (χ3n) is 3.35. The van der Waals surface area contributed by atoms with E-state index in [4.69, 9.17) is 0 Å². The zero-order chi connectivity index (χ0) is 15.4. The molecule has 0 spiro atoms. The second-order valence-electron chi connectivity index (χ2n) is 5.06. The second-order valence-corrected chi connectivity index (χ2v) is 5.06. The molecule has 0 fully saturated rings. The van der Waals surface area contributed by atoms with Gasteiger partial charge in [-0.05, 0) is 54.8 Å². The van der Waals surface area contributed by atoms with Crippen molar-refractivity contribution in [2.24, 2.45) is 0 Å². The van der Waals surface area contributed by atoms with Crippen molar-refractivity contribution in [3.63, 3.8) is 0 Å². The normalized spacial score (nSPS) is 10.9. The number of halogens is 3. The molecule has 0 aliphatic rings. The Balaban J connectivity index is 2.46. The molecule has 1 N–H and O–H groups in total. The number of hydrogen-bond donors (Lipinski definition) is 1. The number of nitrogens with one attached hydrogen (secondary N) is 1. The van der Waals surface area contributed by atoms with E-state index in [9.17, 15) is 13.2 Å². The minimum atomic E-state index is -0.680. The van der Waals surface area contributed by atoms with Crippen molar-refractivity contribution < 1.29 is 13.2 Å². The van der Waals surface area contributed by atoms with Crippen molar-refractivity contribution >= 4 is 0 Å². The van der Waals surface area contributed by atoms with E-state index in [2.05, 4.69) is 5.32 Å². The topological polar surface area (TPSA) is 12.0 Å². The first-order valence-electron chi connectivity index (χ1n) is 6.98. The molecule has 21 heavy (non-hydrogen) atoms. The van der Waals surface area contributed by atoms with E-state index in [0.29, 0.717) is 17.7 Å². The summed E-state index contributed by atoms with van der Waals surface area (Å²) in [6, 6.07) is 6.53. The average Bonchev–Trinajstić information content (AvgIpc) is 2.45. The molecular formula is C17H18F3N. The molecule has 112 valence electrons. The zero-order valence-corrected chi connectivity index (χ0v) is 12.1. The Bertz CT molecular complexity index is 638. The molecule has 4 heteroatoms. The first-order chi connectivity index (χ1) is 10.0. The van der Waals surface area contributed by atoms with E-state index in [0.717, 1.165) is 24.6 Å². The summed E-state index contributed by atoms with van der Waals surface area (Å²) in [5, 5.41) is 3.21. The first kappa shape index (κ1) is 15.6. The average molecular weight is 293 g/mol. The van der Waals surface area contributed by atoms with Crippen LogP contribution in [0.4, 0.5) is 13.2 Å². The van der Waals surface area contributed by atoms with Crippen LogP contribution < -0.4 is 5.32 Å². The Morgan fingerprint density at radius 3 is 2.43 bits per heavy atom. The Morgan fingerprint density at radius 1 is 0.952 bits per heavy atom. The van der Waals surface area contributed by atoms with E-state index < -0.39 is 17.5 Å². The van der Waals surface area contributed by atoms with Crippen LogP contribution >= 0.6 is 0 Å². The predicted octanol–water partition coefficient (Wildman–Crippen LogP) is 4.58. The van der Waals surface area contributed by atoms with Gasteiger partial charge in [-0.1, -0.05) is 13.0 Å². The fourth-order valence-electron chi connectivity index (χ4n) is 2.22. The fourth-order valence-corrected chi connectivity index (χ4v) is 2.22. The standard InChI is InChI=1S/C17H18F3N/c1-3-6-21-10-12-4-5-13(18)8-14(12)15-7-11(2)16(19)9-17(15)20/h4-5,7-9,21H,3,6,10H2,1-2H3. The number of benzene rings is 2. The number of hydrogen-bond acceptors (Lipinski definition) is 1. The van der Waals surface area contributed by atoms with Crippen molar-refractivity contribution in [1.29, 1.82) is 0 Å². The molecule has 2 aromatic rings. The predicted molar refractivity (Wildman–Crippen MR) is 78.5 cm³/mol. The van der Waals surface area contributed by atoms with Gasteiger partial charge < -0.3 is 5.32 Å². The lowest BCUT2D eigenvalue weighted by Crippen LogP contribution is -2.14. The van der Waals surface area contributed by atoms with Gasteiger partial charge in [0, 0.05) is 18.2 Å². The van der Waals surface area contributed by atoms with Gasteiger partial charge in [0.15, 0.2) is 0 Å². The van der Waals surface area contributed by atoms with E-state index in [1.54, 1.807) is 13.0 Å². The third-order valence-corrected chi connectivity index (χ3v) is 3.35. The molecule has 0 aromatic heterocycles. The Morgan fingerprint density at radius 2 is 1.71 bits per heavy atom. The van der Waals surface area contributed by atoms with E-state index in [1.165, 1.54) is 18.2 Å². The van der Waals surface area contributed by atoms with Crippen molar-refractivity contribution in [2.75, 3.05) is 6.54 Å². The maximum atomic E-state index is 14.0. The molecule has 0 aliphatic carbocycles. The summed E-state index contributed by atoms with van der Waals surface area (Å²) in [6.45, 7) is 4.94. The molecule has 0 saturated heterocycles. The summed E-state index contributed by atoms with van der Waals surface area (Å²) in [4.78, 5) is 0. The molecule has 0 atom stereocenters. The lowest BCUT2D eigenvalue weighted by Gasteiger charge is -2.13. The van der Waals surface area contributed by atoms with Crippen LogP contribution in [0.2, 0.25) is 0 Å². The van der Waals surface area contributed by atoms with Crippen molar-refractivity contribution in [3.8, 4) is 11.1 Å². The fraction of sp³-hybridized carbons (Fsp3) is 0.294. The first-order valence-corrected chi connectivity index (χ1v) is 6.98. The second kappa shape index (κ2) is 6.76. The largest absolute Gasteiger partial charge is 0.313 e. The molecule has 0 heterocycles. The SMILES string of the molecule is CCCNCc1ccc(F)cc1-c1cc(C)c(F)cc1F. The highest BCUT2D eigenvalue weighted by atomic mass is 19.1. The van der Waals surface area contributed by atoms with E-state index in [1.807, 2.05) is 6.92 Å². The van der Waals surface area contributed by atoms with Crippen LogP contribution in [0.3, 0.4) is 0 Å². The molecule has 0 bridgehead atoms. The van der Waals surface area contributed by atoms with Crippen LogP contribution in [0.15, 0.2) is 30.3 Å². The van der Waals surface area contributed by atoms with Crippen LogP contribution in [0.25, 0.3) is 11.1 Å². The molecule has 0 unspecified atom stereocenters. The third kappa shape index (κ3) is 3.64. The minimum Gasteiger partial charge on any atom is -0.313 e. The van der Waals surface area contributed by atoms with Crippen LogP contribution in [-0.4, -0.2) is 6.54 Å². The molecule has 0 radical (unpaired) electrons. The van der Waals surface area contributed by atoms with Crippen LogP contribution in [-0.2, 0) is 6.54 Å². The molecule has 0 amide bonds. The zero-order valence-electron chi connectivity index (χ0n) is 12.1. The van der Waals surface area contributed by atoms with Gasteiger partial charge in [0.25, 0.3) is 0 Å². The van der Waals surface area contributed by atoms with E-state index in [-0.39, 0.29) is 5.56 Å². The maximum Gasteiger partial charge on any atom is 0.133 e. The Hall–Kier alpha value is -1.81. The van der Waals surface area contributed by atoms with Gasteiger partial charge in [-0.3, -0.25) is 0 Å². The summed E-state index contributed by atoms with van der Waals surface area (Å²) < 4.78 is 40.9. The van der Waals surface area contributed by atoms with E-state index >= 15 is 0 Å². The monoisotopic (exact) mass is 293 g/mol. The number of aryl methyl sites for hydroxylation is 1. The summed E-state index contributed by atoms with van der Waals surface area (Å²) in [5.41, 5.74) is 1.80. The van der Waals surface area contributed by atoms with Crippen LogP contribution in [0.5, 0.6) is 0 Å². The molecule has 1 nitrogen and oxygen atoms in total. The Kier molecular flexibility index (Phi) is 5.02. The summed E-state index contributed by atoms with van der Waals surface area (Å²) in [5.74, 6) is -1.72. The van der Waals surface area contributed by atoms with Crippen molar-refractivity contribution in [2.45, 2.75) is 26.8 Å². The Labute approximate surface area is 122 Å². The minimum absolute atomic E-state index is 0.224. The van der Waals surface area contributed by atoms with Crippen molar-refractivity contribution in [3.05, 3.63) is 58.9 Å². The molecule has 0 aliphatic heterocycles. The highest BCUT2D eigenvalue weighted by Crippen LogP contribution is 2.29. The van der Waals surface area contributed by atoms with Crippen LogP contribution in [0.1, 0.15) is 24.5 Å². The summed E-state index contributed by atoms with van der Waals surface area (Å²) in [6.07, 6.45) is 0.973. The van der Waals surface area contributed by atoms with Gasteiger partial charge in [0.1, 0.15) is 17.5 Å². The highest BCUT2D eigenvalue weighted by molar-refractivity contribution is 5.69. The van der Waals surface area contributed by atoms with Gasteiger partial charge in [-0.15, -0.1) is 0 Å². The quantitative estimate of drug-likeness (QED) is 0.796. The number of rotatable bonds is 5. The van der Waals surface area contributed by atoms with Gasteiger partial charge in [0.2, 0.25) is 0 Å². The van der Waals surface area contributed by atoms with Gasteiger partial charge in [-0.2, -0.15) is 0 Å². The van der Waals surface area contributed by atoms with Crippen molar-refractivity contribution in [1.82, 2.24) is 5.32 Å². The highest BCUT2D eigenvalue weighted by Gasteiger charge is 2.13. The molecule has 2 rings (SSSR count). The molecule has 2 aromatic carbocycles. The lowest BCUT2D eigenvalue weighted by molar-refractivity contribution is 0.579. The maximum absolute atomic E-state index is 14.0. The molecular weight excluding hydrogens is 275 g/mol. The van der Waals surface area contributed by atoms with Gasteiger partial charge in [-0.25, -0.2) is 13.2 Å². The summed E-state index contributed by atoms with van der Waals surface area (Å²) in [7, 11) is 0. The smallest absolute Gasteiger partial charge is 0.133 e. The van der Waals surface area contributed by atoms with Crippen LogP contribution in [0, 0.1) is 24.4 Å². The summed E-state index contributed by atoms with van der Waals surface area (Å²) >= 11 is 0. The molecule has 0 saturated carbocycles. The van der Waals surface area contributed by atoms with Gasteiger partial charge in [0.05, 0.1) is 0 Å². The lowest BCUT2D eigenvalue weighted by atomic mass is 9.97. The van der Waals surface area contributed by atoms with Gasteiger partial charge >= 0.3 is 0 Å².